The summed E-state index contributed by atoms with van der Waals surface area (Å²) in [5.74, 6) is 1.83. The summed E-state index contributed by atoms with van der Waals surface area (Å²) < 4.78 is 4.89. The van der Waals surface area contributed by atoms with E-state index in [0.29, 0.717) is 37.1 Å². The van der Waals surface area contributed by atoms with Crippen LogP contribution in [0.2, 0.25) is 0 Å². The van der Waals surface area contributed by atoms with E-state index in [4.69, 9.17) is 10.3 Å². The number of amides is 1. The van der Waals surface area contributed by atoms with Crippen molar-refractivity contribution in [3.05, 3.63) is 11.8 Å². The smallest absolute Gasteiger partial charge is 0.226 e. The van der Waals surface area contributed by atoms with Crippen LogP contribution in [0.5, 0.6) is 0 Å². The molecule has 6 nitrogen and oxygen atoms in total. The summed E-state index contributed by atoms with van der Waals surface area (Å²) in [7, 11) is 2.03. The Morgan fingerprint density at radius 1 is 1.65 bits per heavy atom. The Kier molecular flexibility index (Phi) is 6.45. The van der Waals surface area contributed by atoms with E-state index in [1.807, 2.05) is 7.05 Å². The van der Waals surface area contributed by atoms with Gasteiger partial charge in [-0.2, -0.15) is 0 Å². The van der Waals surface area contributed by atoms with E-state index >= 15 is 0 Å². The number of likely N-dealkylation sites (N-methyl/N-ethyl adjacent to an activating group) is 1. The largest absolute Gasteiger partial charge is 0.360 e. The van der Waals surface area contributed by atoms with E-state index < -0.39 is 0 Å². The highest BCUT2D eigenvalue weighted by Gasteiger charge is 2.32. The van der Waals surface area contributed by atoms with Crippen molar-refractivity contribution < 1.29 is 9.32 Å². The molecule has 0 aromatic carbocycles. The molecular formula is C13H23ClN4O2. The summed E-state index contributed by atoms with van der Waals surface area (Å²) in [6.45, 7) is 3.16. The van der Waals surface area contributed by atoms with Crippen LogP contribution in [0.15, 0.2) is 10.6 Å². The minimum Gasteiger partial charge on any atom is -0.360 e. The van der Waals surface area contributed by atoms with E-state index in [-0.39, 0.29) is 18.3 Å². The van der Waals surface area contributed by atoms with Crippen LogP contribution in [-0.2, 0) is 4.79 Å². The number of carbonyl (C=O) groups is 1. The fraction of sp³-hybridized carbons (Fsp3) is 0.692. The van der Waals surface area contributed by atoms with Crippen LogP contribution in [0.3, 0.4) is 0 Å². The minimum absolute atomic E-state index is 0. The first-order valence-electron chi connectivity index (χ1n) is 6.73. The predicted octanol–water partition coefficient (Wildman–Crippen LogP) is 1.40. The molecule has 1 aliphatic carbocycles. The van der Waals surface area contributed by atoms with Gasteiger partial charge in [0.2, 0.25) is 5.91 Å². The van der Waals surface area contributed by atoms with Crippen molar-refractivity contribution in [2.75, 3.05) is 25.5 Å². The summed E-state index contributed by atoms with van der Waals surface area (Å²) in [6, 6.07) is 2.11. The molecule has 1 aliphatic rings. The van der Waals surface area contributed by atoms with Gasteiger partial charge in [0.15, 0.2) is 5.82 Å². The summed E-state index contributed by atoms with van der Waals surface area (Å²) >= 11 is 0. The molecule has 1 saturated carbocycles. The molecule has 1 aromatic heterocycles. The second-order valence-corrected chi connectivity index (χ2v) is 5.24. The summed E-state index contributed by atoms with van der Waals surface area (Å²) in [5, 5.41) is 6.45. The molecule has 1 aromatic rings. The lowest BCUT2D eigenvalue weighted by molar-refractivity contribution is -0.116. The Hall–Kier alpha value is -1.11. The molecule has 0 radical (unpaired) electrons. The molecule has 0 saturated heterocycles. The number of halogens is 1. The Morgan fingerprint density at radius 2 is 2.35 bits per heavy atom. The van der Waals surface area contributed by atoms with Gasteiger partial charge in [-0.3, -0.25) is 4.79 Å². The van der Waals surface area contributed by atoms with Crippen LogP contribution in [0.1, 0.15) is 25.0 Å². The van der Waals surface area contributed by atoms with Crippen LogP contribution in [-0.4, -0.2) is 42.1 Å². The zero-order valence-corrected chi connectivity index (χ0v) is 12.8. The number of anilines is 1. The predicted molar refractivity (Wildman–Crippen MR) is 79.9 cm³/mol. The molecule has 1 unspecified atom stereocenters. The van der Waals surface area contributed by atoms with Crippen LogP contribution in [0.25, 0.3) is 0 Å². The van der Waals surface area contributed by atoms with Crippen LogP contribution < -0.4 is 11.1 Å². The first kappa shape index (κ1) is 16.9. The van der Waals surface area contributed by atoms with E-state index in [2.05, 4.69) is 15.4 Å². The highest BCUT2D eigenvalue weighted by Crippen LogP contribution is 2.34. The van der Waals surface area contributed by atoms with Gasteiger partial charge in [0, 0.05) is 31.6 Å². The second kappa shape index (κ2) is 7.61. The molecule has 1 fully saturated rings. The van der Waals surface area contributed by atoms with Crippen molar-refractivity contribution in [2.24, 2.45) is 11.7 Å². The number of carbonyl (C=O) groups excluding carboxylic acids is 1. The number of aryl methyl sites for hydroxylation is 1. The number of nitrogens with one attached hydrogen (secondary N) is 1. The second-order valence-electron chi connectivity index (χ2n) is 5.24. The molecule has 3 N–H and O–H groups in total. The lowest BCUT2D eigenvalue weighted by atomic mass is 10.1. The van der Waals surface area contributed by atoms with Gasteiger partial charge in [-0.05, 0) is 32.7 Å². The molecule has 7 heteroatoms. The van der Waals surface area contributed by atoms with Gasteiger partial charge in [0.05, 0.1) is 0 Å². The van der Waals surface area contributed by atoms with Crippen molar-refractivity contribution in [3.8, 4) is 0 Å². The third kappa shape index (κ3) is 4.77. The fourth-order valence-electron chi connectivity index (χ4n) is 2.29. The van der Waals surface area contributed by atoms with E-state index in [9.17, 15) is 4.79 Å². The molecule has 1 atom stereocenters. The van der Waals surface area contributed by atoms with E-state index in [1.165, 1.54) is 12.8 Å². The lowest BCUT2D eigenvalue weighted by Crippen LogP contribution is -2.40. The van der Waals surface area contributed by atoms with Crippen molar-refractivity contribution in [1.29, 1.82) is 0 Å². The quantitative estimate of drug-likeness (QED) is 0.795. The van der Waals surface area contributed by atoms with Crippen LogP contribution in [0.4, 0.5) is 5.82 Å². The Labute approximate surface area is 125 Å². The number of hydrogen-bond donors (Lipinski definition) is 2. The SMILES string of the molecule is Cc1cc(NC(=O)CCN(C)C(CN)C2CC2)no1.Cl. The first-order valence-corrected chi connectivity index (χ1v) is 6.73. The number of hydrogen-bond acceptors (Lipinski definition) is 5. The van der Waals surface area contributed by atoms with Gasteiger partial charge >= 0.3 is 0 Å². The highest BCUT2D eigenvalue weighted by atomic mass is 35.5. The zero-order valence-electron chi connectivity index (χ0n) is 12.0. The van der Waals surface area contributed by atoms with Crippen LogP contribution >= 0.6 is 12.4 Å². The maximum atomic E-state index is 11.8. The molecule has 1 amide bonds. The standard InChI is InChI=1S/C13H22N4O2.ClH/c1-9-7-12(16-19-9)15-13(18)5-6-17(2)11(8-14)10-3-4-10;/h7,10-11H,3-6,8,14H2,1-2H3,(H,15,16,18);1H. The van der Waals surface area contributed by atoms with Crippen LogP contribution in [0, 0.1) is 12.8 Å². The van der Waals surface area contributed by atoms with E-state index in [0.717, 1.165) is 5.92 Å². The number of nitrogens with two attached hydrogens (primary N) is 1. The van der Waals surface area contributed by atoms with Crippen molar-refractivity contribution in [1.82, 2.24) is 10.1 Å². The minimum atomic E-state index is -0.0493. The molecule has 2 rings (SSSR count). The Bertz CT molecular complexity index is 434. The molecule has 114 valence electrons. The average molecular weight is 303 g/mol. The van der Waals surface area contributed by atoms with Crippen molar-refractivity contribution in [3.63, 3.8) is 0 Å². The summed E-state index contributed by atoms with van der Waals surface area (Å²) in [4.78, 5) is 14.0. The van der Waals surface area contributed by atoms with Gasteiger partial charge in [0.25, 0.3) is 0 Å². The van der Waals surface area contributed by atoms with Crippen molar-refractivity contribution >= 4 is 24.1 Å². The third-order valence-electron chi connectivity index (χ3n) is 3.56. The van der Waals surface area contributed by atoms with Gasteiger partial charge in [-0.1, -0.05) is 5.16 Å². The third-order valence-corrected chi connectivity index (χ3v) is 3.56. The molecule has 0 bridgehead atoms. The van der Waals surface area contributed by atoms with Gasteiger partial charge in [0.1, 0.15) is 5.76 Å². The molecular weight excluding hydrogens is 280 g/mol. The van der Waals surface area contributed by atoms with Crippen molar-refractivity contribution in [2.45, 2.75) is 32.2 Å². The summed E-state index contributed by atoms with van der Waals surface area (Å²) in [5.41, 5.74) is 5.78. The number of aromatic nitrogens is 1. The molecule has 0 spiro atoms. The number of nitrogens with zero attached hydrogens (tertiary/aromatic N) is 2. The highest BCUT2D eigenvalue weighted by molar-refractivity contribution is 5.89. The maximum Gasteiger partial charge on any atom is 0.226 e. The van der Waals surface area contributed by atoms with Gasteiger partial charge in [-0.15, -0.1) is 12.4 Å². The van der Waals surface area contributed by atoms with E-state index in [1.54, 1.807) is 13.0 Å². The van der Waals surface area contributed by atoms with Gasteiger partial charge < -0.3 is 20.5 Å². The molecule has 0 aliphatic heterocycles. The average Bonchev–Trinajstić information content (AvgIpc) is 3.12. The Balaban J connectivity index is 0.00000200. The first-order chi connectivity index (χ1) is 9.10. The zero-order chi connectivity index (χ0) is 13.8. The molecule has 20 heavy (non-hydrogen) atoms. The maximum absolute atomic E-state index is 11.8. The fourth-order valence-corrected chi connectivity index (χ4v) is 2.29. The normalized spacial score (nSPS) is 15.8. The monoisotopic (exact) mass is 302 g/mol. The number of rotatable bonds is 7. The Morgan fingerprint density at radius 3 is 2.85 bits per heavy atom. The summed E-state index contributed by atoms with van der Waals surface area (Å²) in [6.07, 6.45) is 2.96. The lowest BCUT2D eigenvalue weighted by Gasteiger charge is -2.26. The molecule has 1 heterocycles. The van der Waals surface area contributed by atoms with Gasteiger partial charge in [-0.25, -0.2) is 0 Å². The topological polar surface area (TPSA) is 84.4 Å².